The number of halogens is 1. The predicted molar refractivity (Wildman–Crippen MR) is 106 cm³/mol. The molecule has 0 aliphatic carbocycles. The topological polar surface area (TPSA) is 3.24 Å². The van der Waals surface area contributed by atoms with Gasteiger partial charge in [-0.2, -0.15) is 0 Å². The Morgan fingerprint density at radius 2 is 0.909 bits per heavy atom. The lowest BCUT2D eigenvalue weighted by Crippen LogP contribution is -2.21. The number of nitrogens with zero attached hydrogens (tertiary/aromatic N) is 1. The van der Waals surface area contributed by atoms with Crippen molar-refractivity contribution in [2.45, 2.75) is 115 Å². The predicted octanol–water partition coefficient (Wildman–Crippen LogP) is 7.53. The Labute approximate surface area is 149 Å². The van der Waals surface area contributed by atoms with Crippen LogP contribution in [0.2, 0.25) is 0 Å². The zero-order chi connectivity index (χ0) is 16.5. The van der Waals surface area contributed by atoms with Crippen molar-refractivity contribution in [1.82, 2.24) is 4.90 Å². The van der Waals surface area contributed by atoms with Crippen LogP contribution in [0.4, 0.5) is 0 Å². The quantitative estimate of drug-likeness (QED) is 0.144. The second-order valence-electron chi connectivity index (χ2n) is 7.14. The van der Waals surface area contributed by atoms with Crippen LogP contribution in [0.25, 0.3) is 0 Å². The lowest BCUT2D eigenvalue weighted by molar-refractivity contribution is 0.363. The van der Waals surface area contributed by atoms with Gasteiger partial charge in [0, 0.05) is 0 Å². The third kappa shape index (κ3) is 16.8. The molecule has 0 aliphatic rings. The Morgan fingerprint density at radius 1 is 0.591 bits per heavy atom. The second kappa shape index (κ2) is 17.8. The number of unbranched alkanes of at least 4 members (excludes halogenated alkanes) is 14. The van der Waals surface area contributed by atoms with E-state index in [0.29, 0.717) is 4.95 Å². The molecular formula is C20H42BrN. The zero-order valence-electron chi connectivity index (χ0n) is 15.7. The third-order valence-corrected chi connectivity index (χ3v) is 5.88. The van der Waals surface area contributed by atoms with Crippen LogP contribution in [0.15, 0.2) is 0 Å². The van der Waals surface area contributed by atoms with Gasteiger partial charge in [-0.3, -0.25) is 4.90 Å². The first-order chi connectivity index (χ1) is 10.7. The minimum absolute atomic E-state index is 0.564. The molecule has 0 fully saturated rings. The van der Waals surface area contributed by atoms with Crippen LogP contribution in [0, 0.1) is 0 Å². The summed E-state index contributed by atoms with van der Waals surface area (Å²) < 4.78 is 0. The van der Waals surface area contributed by atoms with Gasteiger partial charge in [-0.1, -0.05) is 119 Å². The molecular weight excluding hydrogens is 334 g/mol. The van der Waals surface area contributed by atoms with Crippen molar-refractivity contribution in [3.63, 3.8) is 0 Å². The number of alkyl halides is 1. The van der Waals surface area contributed by atoms with E-state index in [2.05, 4.69) is 41.8 Å². The maximum Gasteiger partial charge on any atom is 0.0650 e. The van der Waals surface area contributed by atoms with Crippen LogP contribution in [0.3, 0.4) is 0 Å². The standard InChI is InChI=1S/C20H42BrN/c1-4-5-6-7-8-9-10-11-12-13-14-15-16-17-18-19-20(21)22(2)3/h20H,4-19H2,1-3H3. The third-order valence-electron chi connectivity index (χ3n) is 4.61. The van der Waals surface area contributed by atoms with Gasteiger partial charge in [-0.25, -0.2) is 0 Å². The molecule has 0 spiro atoms. The van der Waals surface area contributed by atoms with Crippen LogP contribution in [0.1, 0.15) is 110 Å². The fourth-order valence-electron chi connectivity index (χ4n) is 2.94. The van der Waals surface area contributed by atoms with Crippen LogP contribution in [-0.4, -0.2) is 23.9 Å². The van der Waals surface area contributed by atoms with Gasteiger partial charge in [-0.15, -0.1) is 0 Å². The van der Waals surface area contributed by atoms with E-state index in [-0.39, 0.29) is 0 Å². The molecule has 0 aromatic heterocycles. The molecule has 134 valence electrons. The highest BCUT2D eigenvalue weighted by Crippen LogP contribution is 2.16. The van der Waals surface area contributed by atoms with Gasteiger partial charge in [-0.05, 0) is 20.5 Å². The van der Waals surface area contributed by atoms with Gasteiger partial charge < -0.3 is 0 Å². The summed E-state index contributed by atoms with van der Waals surface area (Å²) in [6.45, 7) is 2.29. The number of hydrogen-bond acceptors (Lipinski definition) is 1. The molecule has 0 aromatic carbocycles. The van der Waals surface area contributed by atoms with E-state index in [1.54, 1.807) is 0 Å². The number of hydrogen-bond donors (Lipinski definition) is 0. The summed E-state index contributed by atoms with van der Waals surface area (Å²) in [6.07, 6.45) is 23.0. The Kier molecular flexibility index (Phi) is 18.1. The summed E-state index contributed by atoms with van der Waals surface area (Å²) in [7, 11) is 4.29. The van der Waals surface area contributed by atoms with Gasteiger partial charge in [0.1, 0.15) is 0 Å². The maximum atomic E-state index is 3.71. The lowest BCUT2D eigenvalue weighted by Gasteiger charge is -2.17. The smallest absolute Gasteiger partial charge is 0.0650 e. The molecule has 0 radical (unpaired) electrons. The molecule has 0 aliphatic heterocycles. The first-order valence-corrected chi connectivity index (χ1v) is 10.9. The van der Waals surface area contributed by atoms with Crippen molar-refractivity contribution in [2.75, 3.05) is 14.1 Å². The minimum Gasteiger partial charge on any atom is -0.297 e. The molecule has 0 saturated carbocycles. The summed E-state index contributed by atoms with van der Waals surface area (Å²) in [5, 5.41) is 0. The molecule has 0 rings (SSSR count). The summed E-state index contributed by atoms with van der Waals surface area (Å²) in [4.78, 5) is 2.82. The Hall–Kier alpha value is 0.440. The van der Waals surface area contributed by atoms with E-state index in [9.17, 15) is 0 Å². The van der Waals surface area contributed by atoms with Gasteiger partial charge in [0.2, 0.25) is 0 Å². The monoisotopic (exact) mass is 375 g/mol. The van der Waals surface area contributed by atoms with Crippen LogP contribution >= 0.6 is 15.9 Å². The fraction of sp³-hybridized carbons (Fsp3) is 1.00. The van der Waals surface area contributed by atoms with Gasteiger partial charge >= 0.3 is 0 Å². The first-order valence-electron chi connectivity index (χ1n) is 9.99. The molecule has 0 aromatic rings. The summed E-state index contributed by atoms with van der Waals surface area (Å²) >= 11 is 3.71. The molecule has 1 nitrogen and oxygen atoms in total. The molecule has 1 unspecified atom stereocenters. The van der Waals surface area contributed by atoms with E-state index in [1.807, 2.05) is 0 Å². The summed E-state index contributed by atoms with van der Waals surface area (Å²) in [6, 6.07) is 0. The summed E-state index contributed by atoms with van der Waals surface area (Å²) in [5.41, 5.74) is 0. The van der Waals surface area contributed by atoms with E-state index in [4.69, 9.17) is 0 Å². The zero-order valence-corrected chi connectivity index (χ0v) is 17.3. The van der Waals surface area contributed by atoms with E-state index >= 15 is 0 Å². The molecule has 1 atom stereocenters. The highest BCUT2D eigenvalue weighted by atomic mass is 79.9. The van der Waals surface area contributed by atoms with Crippen molar-refractivity contribution in [3.8, 4) is 0 Å². The van der Waals surface area contributed by atoms with Gasteiger partial charge in [0.25, 0.3) is 0 Å². The van der Waals surface area contributed by atoms with E-state index < -0.39 is 0 Å². The minimum atomic E-state index is 0.564. The normalized spacial score (nSPS) is 13.0. The largest absolute Gasteiger partial charge is 0.297 e. The molecule has 2 heteroatoms. The van der Waals surface area contributed by atoms with Crippen LogP contribution < -0.4 is 0 Å². The summed E-state index contributed by atoms with van der Waals surface area (Å²) in [5.74, 6) is 0. The molecule has 0 heterocycles. The fourth-order valence-corrected chi connectivity index (χ4v) is 3.27. The Bertz CT molecular complexity index is 206. The van der Waals surface area contributed by atoms with E-state index in [0.717, 1.165) is 0 Å². The van der Waals surface area contributed by atoms with Crippen molar-refractivity contribution in [3.05, 3.63) is 0 Å². The molecule has 22 heavy (non-hydrogen) atoms. The van der Waals surface area contributed by atoms with Gasteiger partial charge in [0.05, 0.1) is 4.95 Å². The number of rotatable bonds is 17. The van der Waals surface area contributed by atoms with Crippen molar-refractivity contribution >= 4 is 15.9 Å². The Balaban J connectivity index is 3.03. The molecule has 0 bridgehead atoms. The lowest BCUT2D eigenvalue weighted by atomic mass is 10.0. The maximum absolute atomic E-state index is 3.71. The molecule has 0 saturated heterocycles. The SMILES string of the molecule is CCCCCCCCCCCCCCCCCC(Br)N(C)C. The highest BCUT2D eigenvalue weighted by Gasteiger charge is 2.04. The Morgan fingerprint density at radius 3 is 1.23 bits per heavy atom. The van der Waals surface area contributed by atoms with Gasteiger partial charge in [0.15, 0.2) is 0 Å². The van der Waals surface area contributed by atoms with Crippen LogP contribution in [-0.2, 0) is 0 Å². The molecule has 0 amide bonds. The van der Waals surface area contributed by atoms with Crippen molar-refractivity contribution < 1.29 is 0 Å². The van der Waals surface area contributed by atoms with E-state index in [1.165, 1.54) is 103 Å². The first kappa shape index (κ1) is 22.4. The average Bonchev–Trinajstić information content (AvgIpc) is 2.50. The highest BCUT2D eigenvalue weighted by molar-refractivity contribution is 9.09. The molecule has 0 N–H and O–H groups in total. The second-order valence-corrected chi connectivity index (χ2v) is 8.19. The van der Waals surface area contributed by atoms with Crippen molar-refractivity contribution in [1.29, 1.82) is 0 Å². The van der Waals surface area contributed by atoms with Crippen LogP contribution in [0.5, 0.6) is 0 Å². The average molecular weight is 376 g/mol. The van der Waals surface area contributed by atoms with Crippen molar-refractivity contribution in [2.24, 2.45) is 0 Å².